The van der Waals surface area contributed by atoms with E-state index in [2.05, 4.69) is 10.3 Å². The molecule has 1 saturated heterocycles. The van der Waals surface area contributed by atoms with E-state index < -0.39 is 11.9 Å². The molecule has 3 aliphatic rings. The Morgan fingerprint density at radius 3 is 2.87 bits per heavy atom. The lowest BCUT2D eigenvalue weighted by atomic mass is 9.95. The van der Waals surface area contributed by atoms with Crippen LogP contribution in [0.1, 0.15) is 40.2 Å². The summed E-state index contributed by atoms with van der Waals surface area (Å²) in [5.41, 5.74) is 5.33. The average Bonchev–Trinajstić information content (AvgIpc) is 3.41. The number of carbonyl (C=O) groups is 1. The monoisotopic (exact) mass is 431 g/mol. The highest BCUT2D eigenvalue weighted by Crippen LogP contribution is 2.34. The molecule has 2 aromatic rings. The smallest absolute Gasteiger partial charge is 0.371 e. The standard InChI is InChI=1S/C22H24F3N5O/c1-13-16-3-5-26-9-17(16)18-11-30(12-19(18)28-13)21(31)14-4-7-29(10-14)15-2-6-27-20(8-15)22(23,24)25/h2,6,8,14,26H,3-5,7,9-12H2,1H3/t14-/m1/s1. The summed E-state index contributed by atoms with van der Waals surface area (Å²) in [6.07, 6.45) is -1.72. The van der Waals surface area contributed by atoms with E-state index in [9.17, 15) is 18.0 Å². The quantitative estimate of drug-likeness (QED) is 0.793. The fourth-order valence-corrected chi connectivity index (χ4v) is 5.01. The van der Waals surface area contributed by atoms with Crippen LogP contribution in [0.5, 0.6) is 0 Å². The summed E-state index contributed by atoms with van der Waals surface area (Å²) in [4.78, 5) is 25.1. The number of pyridine rings is 2. The zero-order valence-electron chi connectivity index (χ0n) is 17.3. The number of nitrogens with one attached hydrogen (secondary N) is 1. The lowest BCUT2D eigenvalue weighted by molar-refractivity contribution is -0.141. The van der Waals surface area contributed by atoms with Crippen molar-refractivity contribution in [3.8, 4) is 0 Å². The molecule has 9 heteroatoms. The van der Waals surface area contributed by atoms with E-state index in [4.69, 9.17) is 4.98 Å². The molecule has 1 fully saturated rings. The average molecular weight is 431 g/mol. The highest BCUT2D eigenvalue weighted by molar-refractivity contribution is 5.81. The summed E-state index contributed by atoms with van der Waals surface area (Å²) in [7, 11) is 0. The van der Waals surface area contributed by atoms with Crippen molar-refractivity contribution in [1.82, 2.24) is 20.2 Å². The fourth-order valence-electron chi connectivity index (χ4n) is 5.01. The number of fused-ring (bicyclic) bond motifs is 3. The Labute approximate surface area is 178 Å². The normalized spacial score (nSPS) is 20.7. The molecule has 1 atom stereocenters. The third-order valence-electron chi connectivity index (χ3n) is 6.61. The number of hydrogen-bond acceptors (Lipinski definition) is 5. The van der Waals surface area contributed by atoms with Crippen LogP contribution >= 0.6 is 0 Å². The van der Waals surface area contributed by atoms with E-state index in [-0.39, 0.29) is 11.8 Å². The first-order valence-corrected chi connectivity index (χ1v) is 10.6. The van der Waals surface area contributed by atoms with Crippen molar-refractivity contribution < 1.29 is 18.0 Å². The molecule has 0 bridgehead atoms. The van der Waals surface area contributed by atoms with E-state index in [0.29, 0.717) is 38.3 Å². The maximum absolute atomic E-state index is 13.2. The van der Waals surface area contributed by atoms with Gasteiger partial charge in [-0.1, -0.05) is 0 Å². The number of aromatic nitrogens is 2. The first-order valence-electron chi connectivity index (χ1n) is 10.6. The Kier molecular flexibility index (Phi) is 4.88. The highest BCUT2D eigenvalue weighted by atomic mass is 19.4. The maximum atomic E-state index is 13.2. The van der Waals surface area contributed by atoms with Crippen LogP contribution in [0.4, 0.5) is 18.9 Å². The first kappa shape index (κ1) is 20.2. The van der Waals surface area contributed by atoms with Crippen LogP contribution in [0.25, 0.3) is 0 Å². The topological polar surface area (TPSA) is 61.4 Å². The van der Waals surface area contributed by atoms with Crippen molar-refractivity contribution in [2.75, 3.05) is 24.5 Å². The molecule has 164 valence electrons. The number of amides is 1. The fraction of sp³-hybridized carbons (Fsp3) is 0.500. The largest absolute Gasteiger partial charge is 0.433 e. The van der Waals surface area contributed by atoms with Gasteiger partial charge >= 0.3 is 6.18 Å². The number of carbonyl (C=O) groups excluding carboxylic acids is 1. The van der Waals surface area contributed by atoms with Crippen LogP contribution in [0, 0.1) is 12.8 Å². The molecule has 0 unspecified atom stereocenters. The minimum Gasteiger partial charge on any atom is -0.371 e. The number of hydrogen-bond donors (Lipinski definition) is 1. The SMILES string of the molecule is Cc1nc2c(c3c1CCNC3)CN(C(=O)[C@@H]1CCN(c3ccnc(C(F)(F)F)c3)C1)C2. The van der Waals surface area contributed by atoms with Gasteiger partial charge in [0, 0.05) is 43.8 Å². The van der Waals surface area contributed by atoms with E-state index in [1.165, 1.54) is 22.9 Å². The molecule has 0 saturated carbocycles. The zero-order valence-corrected chi connectivity index (χ0v) is 17.3. The number of aryl methyl sites for hydroxylation is 1. The molecule has 1 N–H and O–H groups in total. The van der Waals surface area contributed by atoms with E-state index >= 15 is 0 Å². The predicted molar refractivity (Wildman–Crippen MR) is 108 cm³/mol. The molecular weight excluding hydrogens is 407 g/mol. The van der Waals surface area contributed by atoms with Crippen molar-refractivity contribution in [2.24, 2.45) is 5.92 Å². The maximum Gasteiger partial charge on any atom is 0.433 e. The van der Waals surface area contributed by atoms with Gasteiger partial charge in [0.05, 0.1) is 18.2 Å². The Morgan fingerprint density at radius 1 is 1.23 bits per heavy atom. The second-order valence-electron chi connectivity index (χ2n) is 8.53. The van der Waals surface area contributed by atoms with Crippen LogP contribution in [-0.4, -0.2) is 40.4 Å². The lowest BCUT2D eigenvalue weighted by Gasteiger charge is -2.23. The Balaban J connectivity index is 1.30. The van der Waals surface area contributed by atoms with Gasteiger partial charge in [-0.2, -0.15) is 13.2 Å². The summed E-state index contributed by atoms with van der Waals surface area (Å²) >= 11 is 0. The summed E-state index contributed by atoms with van der Waals surface area (Å²) in [6, 6.07) is 2.63. The highest BCUT2D eigenvalue weighted by Gasteiger charge is 2.37. The van der Waals surface area contributed by atoms with Gasteiger partial charge in [0.2, 0.25) is 5.91 Å². The van der Waals surface area contributed by atoms with Crippen molar-refractivity contribution in [1.29, 1.82) is 0 Å². The van der Waals surface area contributed by atoms with Gasteiger partial charge in [0.15, 0.2) is 0 Å². The Bertz CT molecular complexity index is 1040. The Hall–Kier alpha value is -2.68. The molecule has 5 heterocycles. The molecule has 0 aromatic carbocycles. The molecule has 0 radical (unpaired) electrons. The van der Waals surface area contributed by atoms with Gasteiger partial charge in [0.25, 0.3) is 0 Å². The molecule has 0 spiro atoms. The minimum absolute atomic E-state index is 0.0563. The van der Waals surface area contributed by atoms with Crippen LogP contribution < -0.4 is 10.2 Å². The predicted octanol–water partition coefficient (Wildman–Crippen LogP) is 2.82. The van der Waals surface area contributed by atoms with Crippen LogP contribution in [-0.2, 0) is 37.0 Å². The number of halogens is 3. The number of alkyl halides is 3. The van der Waals surface area contributed by atoms with Crippen molar-refractivity contribution in [3.63, 3.8) is 0 Å². The minimum atomic E-state index is -4.48. The first-order chi connectivity index (χ1) is 14.8. The molecule has 0 aliphatic carbocycles. The summed E-state index contributed by atoms with van der Waals surface area (Å²) < 4.78 is 39.0. The third kappa shape index (κ3) is 3.64. The van der Waals surface area contributed by atoms with Gasteiger partial charge in [0.1, 0.15) is 5.69 Å². The van der Waals surface area contributed by atoms with Crippen LogP contribution in [0.2, 0.25) is 0 Å². The Morgan fingerprint density at radius 2 is 2.06 bits per heavy atom. The van der Waals surface area contributed by atoms with Crippen LogP contribution in [0.3, 0.4) is 0 Å². The van der Waals surface area contributed by atoms with Gasteiger partial charge in [-0.25, -0.2) is 0 Å². The van der Waals surface area contributed by atoms with Gasteiger partial charge in [-0.15, -0.1) is 0 Å². The van der Waals surface area contributed by atoms with Crippen molar-refractivity contribution >= 4 is 11.6 Å². The lowest BCUT2D eigenvalue weighted by Crippen LogP contribution is -2.34. The summed E-state index contributed by atoms with van der Waals surface area (Å²) in [5.74, 6) is -0.173. The second-order valence-corrected chi connectivity index (χ2v) is 8.53. The molecule has 2 aromatic heterocycles. The van der Waals surface area contributed by atoms with Crippen LogP contribution in [0.15, 0.2) is 18.3 Å². The number of nitrogens with zero attached hydrogens (tertiary/aromatic N) is 4. The molecule has 3 aliphatic heterocycles. The molecule has 5 rings (SSSR count). The summed E-state index contributed by atoms with van der Waals surface area (Å²) in [6.45, 7) is 5.83. The summed E-state index contributed by atoms with van der Waals surface area (Å²) in [5, 5.41) is 3.41. The van der Waals surface area contributed by atoms with E-state index in [1.54, 1.807) is 6.07 Å². The van der Waals surface area contributed by atoms with E-state index in [0.717, 1.165) is 37.0 Å². The number of rotatable bonds is 2. The van der Waals surface area contributed by atoms with Gasteiger partial charge in [-0.05, 0) is 55.1 Å². The second kappa shape index (κ2) is 7.47. The third-order valence-corrected chi connectivity index (χ3v) is 6.61. The van der Waals surface area contributed by atoms with Crippen molar-refractivity contribution in [3.05, 3.63) is 52.1 Å². The molecule has 31 heavy (non-hydrogen) atoms. The van der Waals surface area contributed by atoms with Gasteiger partial charge in [-0.3, -0.25) is 14.8 Å². The van der Waals surface area contributed by atoms with Crippen molar-refractivity contribution in [2.45, 2.75) is 45.6 Å². The number of anilines is 1. The molecule has 1 amide bonds. The van der Waals surface area contributed by atoms with E-state index in [1.807, 2.05) is 16.7 Å². The molecule has 6 nitrogen and oxygen atoms in total. The zero-order chi connectivity index (χ0) is 21.8. The molecular formula is C22H24F3N5O. The van der Waals surface area contributed by atoms with Gasteiger partial charge < -0.3 is 15.1 Å².